The van der Waals surface area contributed by atoms with E-state index in [1.165, 1.54) is 0 Å². The van der Waals surface area contributed by atoms with Crippen LogP contribution in [0.5, 0.6) is 0 Å². The van der Waals surface area contributed by atoms with Crippen LogP contribution in [0.25, 0.3) is 0 Å². The molecule has 0 spiro atoms. The molecule has 0 aliphatic rings. The van der Waals surface area contributed by atoms with Crippen LogP contribution in [0.1, 0.15) is 31.9 Å². The SMILES string of the molecule is Cc1cc(NC(=O)OC(C)(C)C)cc(B(O)O)c1C(F)(F)F. The first-order valence-electron chi connectivity index (χ1n) is 6.39. The molecular weight excluding hydrogens is 302 g/mol. The lowest BCUT2D eigenvalue weighted by molar-refractivity contribution is -0.137. The standard InChI is InChI=1S/C13H17BF3NO4/c1-7-5-8(18-11(19)22-12(2,3)4)6-9(14(20)21)10(7)13(15,16)17/h5-6,20-21H,1-4H3,(H,18,19). The lowest BCUT2D eigenvalue weighted by Crippen LogP contribution is -2.37. The molecule has 0 aliphatic carbocycles. The van der Waals surface area contributed by atoms with Gasteiger partial charge in [0.25, 0.3) is 0 Å². The highest BCUT2D eigenvalue weighted by Crippen LogP contribution is 2.32. The molecule has 0 aliphatic heterocycles. The van der Waals surface area contributed by atoms with Gasteiger partial charge in [0, 0.05) is 5.69 Å². The number of alkyl halides is 3. The number of ether oxygens (including phenoxy) is 1. The molecule has 0 atom stereocenters. The molecule has 1 rings (SSSR count). The quantitative estimate of drug-likeness (QED) is 0.729. The van der Waals surface area contributed by atoms with Crippen LogP contribution in [-0.2, 0) is 10.9 Å². The van der Waals surface area contributed by atoms with Crippen LogP contribution in [0.15, 0.2) is 12.1 Å². The van der Waals surface area contributed by atoms with E-state index in [9.17, 15) is 18.0 Å². The van der Waals surface area contributed by atoms with E-state index in [0.29, 0.717) is 0 Å². The summed E-state index contributed by atoms with van der Waals surface area (Å²) in [6.07, 6.45) is -5.60. The van der Waals surface area contributed by atoms with Crippen molar-refractivity contribution >= 4 is 24.4 Å². The van der Waals surface area contributed by atoms with E-state index in [2.05, 4.69) is 5.32 Å². The Labute approximate surface area is 126 Å². The Hall–Kier alpha value is -1.74. The molecule has 0 bridgehead atoms. The molecule has 22 heavy (non-hydrogen) atoms. The van der Waals surface area contributed by atoms with Gasteiger partial charge in [-0.05, 0) is 50.9 Å². The number of carbonyl (C=O) groups excluding carboxylic acids is 1. The molecule has 122 valence electrons. The minimum atomic E-state index is -4.74. The van der Waals surface area contributed by atoms with Crippen molar-refractivity contribution in [2.45, 2.75) is 39.5 Å². The Bertz CT molecular complexity index is 568. The Kier molecular flexibility index (Phi) is 5.14. The maximum Gasteiger partial charge on any atom is 0.489 e. The minimum absolute atomic E-state index is 0.0251. The highest BCUT2D eigenvalue weighted by molar-refractivity contribution is 6.59. The van der Waals surface area contributed by atoms with Gasteiger partial charge in [0.2, 0.25) is 0 Å². The van der Waals surface area contributed by atoms with Gasteiger partial charge in [-0.15, -0.1) is 0 Å². The van der Waals surface area contributed by atoms with Crippen molar-refractivity contribution in [3.63, 3.8) is 0 Å². The van der Waals surface area contributed by atoms with Crippen molar-refractivity contribution in [1.29, 1.82) is 0 Å². The highest BCUT2D eigenvalue weighted by Gasteiger charge is 2.38. The van der Waals surface area contributed by atoms with Gasteiger partial charge in [0.15, 0.2) is 0 Å². The van der Waals surface area contributed by atoms with Crippen LogP contribution in [-0.4, -0.2) is 28.9 Å². The highest BCUT2D eigenvalue weighted by atomic mass is 19.4. The first kappa shape index (κ1) is 18.3. The number of rotatable bonds is 2. The van der Waals surface area contributed by atoms with Crippen LogP contribution < -0.4 is 10.8 Å². The van der Waals surface area contributed by atoms with E-state index in [-0.39, 0.29) is 11.3 Å². The van der Waals surface area contributed by atoms with Crippen LogP contribution in [0.3, 0.4) is 0 Å². The molecule has 9 heteroatoms. The van der Waals surface area contributed by atoms with E-state index in [1.807, 2.05) is 0 Å². The van der Waals surface area contributed by atoms with Gasteiger partial charge in [-0.1, -0.05) is 0 Å². The molecule has 0 unspecified atom stereocenters. The lowest BCUT2D eigenvalue weighted by atomic mass is 9.75. The molecule has 0 saturated heterocycles. The van der Waals surface area contributed by atoms with Crippen LogP contribution in [0.2, 0.25) is 0 Å². The van der Waals surface area contributed by atoms with E-state index >= 15 is 0 Å². The molecule has 1 amide bonds. The molecule has 1 aromatic rings. The van der Waals surface area contributed by atoms with Crippen molar-refractivity contribution in [2.75, 3.05) is 5.32 Å². The Balaban J connectivity index is 3.18. The number of nitrogens with one attached hydrogen (secondary N) is 1. The number of benzene rings is 1. The average molecular weight is 319 g/mol. The molecule has 0 saturated carbocycles. The number of aryl methyl sites for hydroxylation is 1. The predicted molar refractivity (Wildman–Crippen MR) is 75.9 cm³/mol. The Morgan fingerprint density at radius 3 is 2.18 bits per heavy atom. The Morgan fingerprint density at radius 1 is 1.23 bits per heavy atom. The zero-order chi connectivity index (χ0) is 17.3. The molecule has 0 fully saturated rings. The van der Waals surface area contributed by atoms with Crippen molar-refractivity contribution in [2.24, 2.45) is 0 Å². The Morgan fingerprint density at radius 2 is 1.77 bits per heavy atom. The van der Waals surface area contributed by atoms with Crippen LogP contribution in [0, 0.1) is 6.92 Å². The van der Waals surface area contributed by atoms with Crippen molar-refractivity contribution in [3.05, 3.63) is 23.3 Å². The summed E-state index contributed by atoms with van der Waals surface area (Å²) in [4.78, 5) is 11.6. The van der Waals surface area contributed by atoms with Gasteiger partial charge in [-0.3, -0.25) is 5.32 Å². The summed E-state index contributed by atoms with van der Waals surface area (Å²) < 4.78 is 43.8. The number of hydrogen-bond donors (Lipinski definition) is 3. The zero-order valence-electron chi connectivity index (χ0n) is 12.6. The van der Waals surface area contributed by atoms with E-state index < -0.39 is 36.0 Å². The van der Waals surface area contributed by atoms with E-state index in [0.717, 1.165) is 19.1 Å². The van der Waals surface area contributed by atoms with E-state index in [1.54, 1.807) is 20.8 Å². The fourth-order valence-electron chi connectivity index (χ4n) is 1.90. The zero-order valence-corrected chi connectivity index (χ0v) is 12.6. The summed E-state index contributed by atoms with van der Waals surface area (Å²) in [5, 5.41) is 20.6. The summed E-state index contributed by atoms with van der Waals surface area (Å²) in [5.74, 6) is 0. The van der Waals surface area contributed by atoms with Crippen LogP contribution >= 0.6 is 0 Å². The third-order valence-electron chi connectivity index (χ3n) is 2.57. The normalized spacial score (nSPS) is 12.0. The summed E-state index contributed by atoms with van der Waals surface area (Å²) >= 11 is 0. The van der Waals surface area contributed by atoms with Crippen molar-refractivity contribution < 1.29 is 32.8 Å². The number of carbonyl (C=O) groups is 1. The maximum absolute atomic E-state index is 13.0. The lowest BCUT2D eigenvalue weighted by Gasteiger charge is -2.21. The molecule has 5 nitrogen and oxygen atoms in total. The molecule has 0 heterocycles. The summed E-state index contributed by atoms with van der Waals surface area (Å²) in [6.45, 7) is 6.06. The third-order valence-corrected chi connectivity index (χ3v) is 2.57. The smallest absolute Gasteiger partial charge is 0.444 e. The molecular formula is C13H17BF3NO4. The fourth-order valence-corrected chi connectivity index (χ4v) is 1.90. The third kappa shape index (κ3) is 4.92. The van der Waals surface area contributed by atoms with Crippen LogP contribution in [0.4, 0.5) is 23.7 Å². The maximum atomic E-state index is 13.0. The van der Waals surface area contributed by atoms with Gasteiger partial charge in [0.1, 0.15) is 5.60 Å². The number of anilines is 1. The van der Waals surface area contributed by atoms with Crippen molar-refractivity contribution in [3.8, 4) is 0 Å². The van der Waals surface area contributed by atoms with Gasteiger partial charge >= 0.3 is 19.4 Å². The van der Waals surface area contributed by atoms with E-state index in [4.69, 9.17) is 14.8 Å². The molecule has 3 N–H and O–H groups in total. The van der Waals surface area contributed by atoms with Crippen molar-refractivity contribution in [1.82, 2.24) is 0 Å². The second kappa shape index (κ2) is 6.17. The average Bonchev–Trinajstić information content (AvgIpc) is 2.22. The van der Waals surface area contributed by atoms with Gasteiger partial charge < -0.3 is 14.8 Å². The summed E-state index contributed by atoms with van der Waals surface area (Å²) in [5.41, 5.74) is -2.92. The van der Waals surface area contributed by atoms with Gasteiger partial charge in [-0.2, -0.15) is 13.2 Å². The first-order chi connectivity index (χ1) is 9.81. The number of amides is 1. The summed E-state index contributed by atoms with van der Waals surface area (Å²) in [7, 11) is -2.32. The number of hydrogen-bond acceptors (Lipinski definition) is 4. The molecule has 0 radical (unpaired) electrons. The second-order valence-electron chi connectivity index (χ2n) is 5.76. The minimum Gasteiger partial charge on any atom is -0.444 e. The second-order valence-corrected chi connectivity index (χ2v) is 5.76. The first-order valence-corrected chi connectivity index (χ1v) is 6.39. The predicted octanol–water partition coefficient (Wildman–Crippen LogP) is 2.04. The topological polar surface area (TPSA) is 78.8 Å². The monoisotopic (exact) mass is 319 g/mol. The van der Waals surface area contributed by atoms with Gasteiger partial charge in [0.05, 0.1) is 5.56 Å². The summed E-state index contributed by atoms with van der Waals surface area (Å²) in [6, 6.07) is 1.93. The molecule has 0 aromatic heterocycles. The van der Waals surface area contributed by atoms with Gasteiger partial charge in [-0.25, -0.2) is 4.79 Å². The fraction of sp³-hybridized carbons (Fsp3) is 0.462. The largest absolute Gasteiger partial charge is 0.489 e. The molecule has 1 aromatic carbocycles. The number of halogens is 3.